The fourth-order valence-corrected chi connectivity index (χ4v) is 1.25. The highest BCUT2D eigenvalue weighted by molar-refractivity contribution is 7.79. The van der Waals surface area contributed by atoms with E-state index in [0.29, 0.717) is 0 Å². The SMILES string of the molecule is Nc1cccc2ccccc12.O=S(=O)(O)O. The summed E-state index contributed by atoms with van der Waals surface area (Å²) < 4.78 is 31.6. The van der Waals surface area contributed by atoms with Crippen LogP contribution in [0.3, 0.4) is 0 Å². The number of nitrogens with two attached hydrogens (primary N) is 1. The molecular formula is C10H11NO4S. The molecule has 6 heteroatoms. The van der Waals surface area contributed by atoms with E-state index in [0.717, 1.165) is 11.1 Å². The topological polar surface area (TPSA) is 101 Å². The molecule has 0 spiro atoms. The Morgan fingerprint density at radius 3 is 2.00 bits per heavy atom. The molecule has 5 nitrogen and oxygen atoms in total. The zero-order valence-electron chi connectivity index (χ0n) is 8.24. The summed E-state index contributed by atoms with van der Waals surface area (Å²) in [4.78, 5) is 0. The van der Waals surface area contributed by atoms with Crippen molar-refractivity contribution in [3.8, 4) is 0 Å². The van der Waals surface area contributed by atoms with Crippen LogP contribution in [-0.4, -0.2) is 17.5 Å². The van der Waals surface area contributed by atoms with Crippen LogP contribution in [0.1, 0.15) is 0 Å². The third-order valence-electron chi connectivity index (χ3n) is 1.82. The third kappa shape index (κ3) is 4.26. The van der Waals surface area contributed by atoms with Gasteiger partial charge in [-0.15, -0.1) is 0 Å². The largest absolute Gasteiger partial charge is 0.398 e. The lowest BCUT2D eigenvalue weighted by atomic mass is 10.1. The molecule has 0 saturated carbocycles. The first-order valence-corrected chi connectivity index (χ1v) is 5.71. The van der Waals surface area contributed by atoms with Crippen LogP contribution in [0.2, 0.25) is 0 Å². The maximum absolute atomic E-state index is 8.74. The minimum absolute atomic E-state index is 0.850. The van der Waals surface area contributed by atoms with Crippen molar-refractivity contribution in [3.05, 3.63) is 42.5 Å². The molecule has 0 unspecified atom stereocenters. The van der Waals surface area contributed by atoms with Crippen molar-refractivity contribution >= 4 is 26.9 Å². The van der Waals surface area contributed by atoms with Crippen molar-refractivity contribution in [1.82, 2.24) is 0 Å². The van der Waals surface area contributed by atoms with Crippen molar-refractivity contribution in [2.24, 2.45) is 0 Å². The summed E-state index contributed by atoms with van der Waals surface area (Å²) in [5, 5.41) is 2.34. The van der Waals surface area contributed by atoms with Gasteiger partial charge in [-0.25, -0.2) is 0 Å². The van der Waals surface area contributed by atoms with Crippen LogP contribution in [-0.2, 0) is 10.4 Å². The van der Waals surface area contributed by atoms with Gasteiger partial charge in [0.2, 0.25) is 0 Å². The molecule has 4 N–H and O–H groups in total. The Morgan fingerprint density at radius 2 is 1.44 bits per heavy atom. The molecule has 0 amide bonds. The maximum atomic E-state index is 8.74. The van der Waals surface area contributed by atoms with E-state index < -0.39 is 10.4 Å². The van der Waals surface area contributed by atoms with Crippen LogP contribution in [0.25, 0.3) is 10.8 Å². The van der Waals surface area contributed by atoms with Gasteiger partial charge in [0.25, 0.3) is 0 Å². The summed E-state index contributed by atoms with van der Waals surface area (Å²) in [7, 11) is -4.67. The van der Waals surface area contributed by atoms with E-state index >= 15 is 0 Å². The highest BCUT2D eigenvalue weighted by atomic mass is 32.3. The number of hydrogen-bond donors (Lipinski definition) is 3. The van der Waals surface area contributed by atoms with E-state index in [2.05, 4.69) is 12.1 Å². The summed E-state index contributed by atoms with van der Waals surface area (Å²) in [5.74, 6) is 0. The second kappa shape index (κ2) is 4.93. The van der Waals surface area contributed by atoms with Crippen LogP contribution < -0.4 is 5.73 Å². The Bertz CT molecular complexity index is 567. The molecule has 0 heterocycles. The van der Waals surface area contributed by atoms with Crippen molar-refractivity contribution < 1.29 is 17.5 Å². The van der Waals surface area contributed by atoms with Crippen LogP contribution in [0.15, 0.2) is 42.5 Å². The number of anilines is 1. The average Bonchev–Trinajstić information content (AvgIpc) is 2.16. The van der Waals surface area contributed by atoms with Crippen molar-refractivity contribution in [1.29, 1.82) is 0 Å². The van der Waals surface area contributed by atoms with Crippen molar-refractivity contribution in [2.45, 2.75) is 0 Å². The number of fused-ring (bicyclic) bond motifs is 1. The molecule has 0 saturated heterocycles. The monoisotopic (exact) mass is 241 g/mol. The Labute approximate surface area is 93.1 Å². The van der Waals surface area contributed by atoms with Gasteiger partial charge < -0.3 is 5.73 Å². The smallest absolute Gasteiger partial charge is 0.394 e. The summed E-state index contributed by atoms with van der Waals surface area (Å²) in [5.41, 5.74) is 6.61. The van der Waals surface area contributed by atoms with Gasteiger partial charge >= 0.3 is 10.4 Å². The second-order valence-electron chi connectivity index (χ2n) is 3.02. The van der Waals surface area contributed by atoms with E-state index in [9.17, 15) is 0 Å². The fourth-order valence-electron chi connectivity index (χ4n) is 1.25. The molecule has 0 atom stereocenters. The third-order valence-corrected chi connectivity index (χ3v) is 1.82. The summed E-state index contributed by atoms with van der Waals surface area (Å²) in [6.45, 7) is 0. The predicted octanol–water partition coefficient (Wildman–Crippen LogP) is 1.77. The van der Waals surface area contributed by atoms with Gasteiger partial charge in [0.05, 0.1) is 0 Å². The zero-order chi connectivity index (χ0) is 12.2. The minimum atomic E-state index is -4.67. The highest BCUT2D eigenvalue weighted by Gasteiger charge is 1.92. The van der Waals surface area contributed by atoms with Crippen molar-refractivity contribution in [2.75, 3.05) is 5.73 Å². The molecule has 86 valence electrons. The molecule has 2 rings (SSSR count). The Balaban J connectivity index is 0.000000221. The Kier molecular flexibility index (Phi) is 3.83. The molecule has 0 aliphatic rings. The number of benzene rings is 2. The van der Waals surface area contributed by atoms with E-state index in [1.165, 1.54) is 5.39 Å². The second-order valence-corrected chi connectivity index (χ2v) is 3.91. The van der Waals surface area contributed by atoms with Gasteiger partial charge in [-0.05, 0) is 11.5 Å². The van der Waals surface area contributed by atoms with Crippen LogP contribution in [0, 0.1) is 0 Å². The number of nitrogen functional groups attached to an aromatic ring is 1. The summed E-state index contributed by atoms with van der Waals surface area (Å²) in [6.07, 6.45) is 0. The lowest BCUT2D eigenvalue weighted by Gasteiger charge is -1.98. The first-order valence-electron chi connectivity index (χ1n) is 4.31. The number of rotatable bonds is 0. The first-order chi connectivity index (χ1) is 7.38. The molecule has 0 aromatic heterocycles. The zero-order valence-corrected chi connectivity index (χ0v) is 9.05. The molecule has 0 radical (unpaired) electrons. The Hall–Kier alpha value is -1.63. The van der Waals surface area contributed by atoms with Gasteiger partial charge in [0.1, 0.15) is 0 Å². The maximum Gasteiger partial charge on any atom is 0.394 e. The lowest BCUT2D eigenvalue weighted by molar-refractivity contribution is 0.381. The fraction of sp³-hybridized carbons (Fsp3) is 0. The van der Waals surface area contributed by atoms with E-state index in [-0.39, 0.29) is 0 Å². The Morgan fingerprint density at radius 1 is 0.938 bits per heavy atom. The van der Waals surface area contributed by atoms with Gasteiger partial charge in [-0.3, -0.25) is 9.11 Å². The van der Waals surface area contributed by atoms with Crippen LogP contribution in [0.4, 0.5) is 5.69 Å². The molecule has 2 aromatic carbocycles. The van der Waals surface area contributed by atoms with Crippen LogP contribution in [0.5, 0.6) is 0 Å². The molecule has 0 aliphatic carbocycles. The molecule has 2 aromatic rings. The van der Waals surface area contributed by atoms with Gasteiger partial charge in [0.15, 0.2) is 0 Å². The molecular weight excluding hydrogens is 230 g/mol. The number of hydrogen-bond acceptors (Lipinski definition) is 3. The quantitative estimate of drug-likeness (QED) is 0.482. The molecule has 0 fully saturated rings. The molecule has 16 heavy (non-hydrogen) atoms. The lowest BCUT2D eigenvalue weighted by Crippen LogP contribution is -1.89. The van der Waals surface area contributed by atoms with E-state index in [4.69, 9.17) is 23.3 Å². The van der Waals surface area contributed by atoms with E-state index in [1.807, 2.05) is 30.3 Å². The first kappa shape index (κ1) is 12.4. The normalized spacial score (nSPS) is 10.6. The standard InChI is InChI=1S/C10H9N.H2O4S/c11-10-7-3-5-8-4-1-2-6-9(8)10;1-5(2,3)4/h1-7H,11H2;(H2,1,2,3,4). The van der Waals surface area contributed by atoms with Gasteiger partial charge in [-0.2, -0.15) is 8.42 Å². The predicted molar refractivity (Wildman–Crippen MR) is 62.5 cm³/mol. The summed E-state index contributed by atoms with van der Waals surface area (Å²) >= 11 is 0. The summed E-state index contributed by atoms with van der Waals surface area (Å²) in [6, 6.07) is 14.1. The van der Waals surface area contributed by atoms with Crippen LogP contribution >= 0.6 is 0 Å². The minimum Gasteiger partial charge on any atom is -0.398 e. The van der Waals surface area contributed by atoms with Crippen molar-refractivity contribution in [3.63, 3.8) is 0 Å². The average molecular weight is 241 g/mol. The molecule has 0 bridgehead atoms. The van der Waals surface area contributed by atoms with Gasteiger partial charge in [-0.1, -0.05) is 36.4 Å². The molecule has 0 aliphatic heterocycles. The van der Waals surface area contributed by atoms with Gasteiger partial charge in [0, 0.05) is 11.1 Å². The highest BCUT2D eigenvalue weighted by Crippen LogP contribution is 2.19. The van der Waals surface area contributed by atoms with E-state index in [1.54, 1.807) is 0 Å².